The van der Waals surface area contributed by atoms with Crippen LogP contribution >= 0.6 is 11.8 Å². The van der Waals surface area contributed by atoms with Crippen LogP contribution in [-0.4, -0.2) is 11.1 Å². The molecule has 15 heavy (non-hydrogen) atoms. The van der Waals surface area contributed by atoms with Crippen molar-refractivity contribution in [3.05, 3.63) is 29.8 Å². The summed E-state index contributed by atoms with van der Waals surface area (Å²) >= 11 is 1.12. The number of thiocyanates is 1. The molecule has 0 unspecified atom stereocenters. The largest absolute Gasteiger partial charge is 0.481 e. The Balaban J connectivity index is 2.43. The highest BCUT2D eigenvalue weighted by Crippen LogP contribution is 2.17. The Morgan fingerprint density at radius 3 is 2.60 bits per heavy atom. The first-order valence-electron chi connectivity index (χ1n) is 4.59. The van der Waals surface area contributed by atoms with Crippen LogP contribution in [0.1, 0.15) is 18.4 Å². The van der Waals surface area contributed by atoms with Gasteiger partial charge in [0.15, 0.2) is 0 Å². The second-order valence-electron chi connectivity index (χ2n) is 3.08. The minimum Gasteiger partial charge on any atom is -0.481 e. The molecule has 0 radical (unpaired) electrons. The number of hydrogen-bond acceptors (Lipinski definition) is 3. The van der Waals surface area contributed by atoms with Gasteiger partial charge in [0.05, 0.1) is 0 Å². The van der Waals surface area contributed by atoms with E-state index in [1.54, 1.807) is 0 Å². The van der Waals surface area contributed by atoms with Gasteiger partial charge in [0, 0.05) is 11.3 Å². The van der Waals surface area contributed by atoms with Crippen molar-refractivity contribution in [2.75, 3.05) is 0 Å². The van der Waals surface area contributed by atoms with Crippen molar-refractivity contribution in [2.24, 2.45) is 0 Å². The number of nitriles is 1. The summed E-state index contributed by atoms with van der Waals surface area (Å²) < 4.78 is 0. The van der Waals surface area contributed by atoms with Crippen molar-refractivity contribution in [2.45, 2.75) is 24.2 Å². The lowest BCUT2D eigenvalue weighted by molar-refractivity contribution is -0.137. The number of nitrogens with zero attached hydrogens (tertiary/aromatic N) is 1. The molecule has 1 aromatic carbocycles. The second kappa shape index (κ2) is 6.10. The third-order valence-corrected chi connectivity index (χ3v) is 2.54. The smallest absolute Gasteiger partial charge is 0.303 e. The van der Waals surface area contributed by atoms with Gasteiger partial charge in [-0.25, -0.2) is 0 Å². The molecule has 0 aliphatic heterocycles. The molecule has 0 bridgehead atoms. The first-order chi connectivity index (χ1) is 7.22. The minimum atomic E-state index is -0.758. The van der Waals surface area contributed by atoms with Crippen LogP contribution in [0.2, 0.25) is 0 Å². The average Bonchev–Trinajstić information content (AvgIpc) is 2.20. The predicted molar refractivity (Wildman–Crippen MR) is 58.5 cm³/mol. The molecule has 0 saturated heterocycles. The summed E-state index contributed by atoms with van der Waals surface area (Å²) in [6.07, 6.45) is 1.62. The standard InChI is InChI=1S/C11H11NO2S/c12-8-15-10-6-4-9(5-7-10)2-1-3-11(13)14/h4-7H,1-3H2,(H,13,14). The van der Waals surface area contributed by atoms with Crippen LogP contribution in [0.15, 0.2) is 29.2 Å². The fraction of sp³-hybridized carbons (Fsp3) is 0.273. The van der Waals surface area contributed by atoms with Gasteiger partial charge in [0.1, 0.15) is 5.40 Å². The van der Waals surface area contributed by atoms with Crippen molar-refractivity contribution in [1.29, 1.82) is 5.26 Å². The molecular formula is C11H11NO2S. The van der Waals surface area contributed by atoms with Gasteiger partial charge in [-0.05, 0) is 42.3 Å². The topological polar surface area (TPSA) is 61.1 Å². The molecule has 0 amide bonds. The molecule has 0 heterocycles. The molecule has 1 N–H and O–H groups in total. The molecule has 4 heteroatoms. The van der Waals surface area contributed by atoms with E-state index in [0.717, 1.165) is 28.6 Å². The summed E-state index contributed by atoms with van der Waals surface area (Å²) in [7, 11) is 0. The Labute approximate surface area is 92.7 Å². The third kappa shape index (κ3) is 4.52. The number of aliphatic carboxylic acids is 1. The Morgan fingerprint density at radius 2 is 2.07 bits per heavy atom. The number of benzene rings is 1. The van der Waals surface area contributed by atoms with Crippen LogP contribution in [-0.2, 0) is 11.2 Å². The maximum Gasteiger partial charge on any atom is 0.303 e. The van der Waals surface area contributed by atoms with E-state index >= 15 is 0 Å². The van der Waals surface area contributed by atoms with Crippen molar-refractivity contribution < 1.29 is 9.90 Å². The summed E-state index contributed by atoms with van der Waals surface area (Å²) in [6.45, 7) is 0. The van der Waals surface area contributed by atoms with Gasteiger partial charge in [-0.15, -0.1) is 0 Å². The maximum absolute atomic E-state index is 10.3. The summed E-state index contributed by atoms with van der Waals surface area (Å²) in [5, 5.41) is 18.9. The first-order valence-corrected chi connectivity index (χ1v) is 5.40. The number of hydrogen-bond donors (Lipinski definition) is 1. The van der Waals surface area contributed by atoms with Crippen molar-refractivity contribution in [3.8, 4) is 5.40 Å². The van der Waals surface area contributed by atoms with Gasteiger partial charge in [0.2, 0.25) is 0 Å². The third-order valence-electron chi connectivity index (χ3n) is 1.94. The molecule has 0 spiro atoms. The fourth-order valence-corrected chi connectivity index (χ4v) is 1.60. The zero-order valence-electron chi connectivity index (χ0n) is 8.14. The van der Waals surface area contributed by atoms with E-state index in [4.69, 9.17) is 10.4 Å². The Kier molecular flexibility index (Phi) is 4.72. The summed E-state index contributed by atoms with van der Waals surface area (Å²) in [5.74, 6) is -0.758. The van der Waals surface area contributed by atoms with Gasteiger partial charge < -0.3 is 5.11 Å². The molecule has 0 saturated carbocycles. The molecular weight excluding hydrogens is 210 g/mol. The molecule has 3 nitrogen and oxygen atoms in total. The quantitative estimate of drug-likeness (QED) is 0.613. The van der Waals surface area contributed by atoms with E-state index in [0.29, 0.717) is 6.42 Å². The van der Waals surface area contributed by atoms with Gasteiger partial charge in [-0.3, -0.25) is 4.79 Å². The number of carboxylic acid groups (broad SMARTS) is 1. The Morgan fingerprint density at radius 1 is 1.40 bits per heavy atom. The van der Waals surface area contributed by atoms with Crippen LogP contribution in [0.5, 0.6) is 0 Å². The highest BCUT2D eigenvalue weighted by Gasteiger charge is 1.98. The van der Waals surface area contributed by atoms with Gasteiger partial charge >= 0.3 is 5.97 Å². The molecule has 0 atom stereocenters. The minimum absolute atomic E-state index is 0.203. The highest BCUT2D eigenvalue weighted by molar-refractivity contribution is 8.03. The van der Waals surface area contributed by atoms with Crippen molar-refractivity contribution >= 4 is 17.7 Å². The number of carbonyl (C=O) groups is 1. The van der Waals surface area contributed by atoms with Gasteiger partial charge in [0.25, 0.3) is 0 Å². The number of aryl methyl sites for hydroxylation is 1. The number of rotatable bonds is 5. The monoisotopic (exact) mass is 221 g/mol. The lowest BCUT2D eigenvalue weighted by Gasteiger charge is -2.00. The lowest BCUT2D eigenvalue weighted by Crippen LogP contribution is -1.95. The molecule has 1 aromatic rings. The van der Waals surface area contributed by atoms with E-state index in [1.807, 2.05) is 29.7 Å². The molecule has 0 aromatic heterocycles. The van der Waals surface area contributed by atoms with E-state index in [1.165, 1.54) is 0 Å². The summed E-state index contributed by atoms with van der Waals surface area (Å²) in [6, 6.07) is 7.62. The van der Waals surface area contributed by atoms with E-state index < -0.39 is 5.97 Å². The van der Waals surface area contributed by atoms with Crippen LogP contribution in [0.4, 0.5) is 0 Å². The molecule has 78 valence electrons. The summed E-state index contributed by atoms with van der Waals surface area (Å²) in [5.41, 5.74) is 1.11. The van der Waals surface area contributed by atoms with Crippen LogP contribution < -0.4 is 0 Å². The summed E-state index contributed by atoms with van der Waals surface area (Å²) in [4.78, 5) is 11.2. The van der Waals surface area contributed by atoms with E-state index in [2.05, 4.69) is 0 Å². The molecule has 1 rings (SSSR count). The number of thioether (sulfide) groups is 1. The Bertz CT molecular complexity index is 367. The van der Waals surface area contributed by atoms with Gasteiger partial charge in [-0.2, -0.15) is 5.26 Å². The van der Waals surface area contributed by atoms with Crippen LogP contribution in [0, 0.1) is 10.7 Å². The zero-order valence-corrected chi connectivity index (χ0v) is 8.96. The maximum atomic E-state index is 10.3. The van der Waals surface area contributed by atoms with Gasteiger partial charge in [-0.1, -0.05) is 12.1 Å². The lowest BCUT2D eigenvalue weighted by atomic mass is 10.1. The number of carboxylic acids is 1. The Hall–Kier alpha value is -1.47. The van der Waals surface area contributed by atoms with Crippen molar-refractivity contribution in [3.63, 3.8) is 0 Å². The van der Waals surface area contributed by atoms with E-state index in [-0.39, 0.29) is 6.42 Å². The fourth-order valence-electron chi connectivity index (χ4n) is 1.22. The first kappa shape index (κ1) is 11.6. The zero-order chi connectivity index (χ0) is 11.1. The SMILES string of the molecule is N#CSc1ccc(CCCC(=O)O)cc1. The van der Waals surface area contributed by atoms with Crippen LogP contribution in [0.3, 0.4) is 0 Å². The second-order valence-corrected chi connectivity index (χ2v) is 3.94. The highest BCUT2D eigenvalue weighted by atomic mass is 32.2. The van der Waals surface area contributed by atoms with Crippen molar-refractivity contribution in [1.82, 2.24) is 0 Å². The average molecular weight is 221 g/mol. The predicted octanol–water partition coefficient (Wildman–Crippen LogP) is 2.67. The molecule has 0 fully saturated rings. The van der Waals surface area contributed by atoms with Crippen LogP contribution in [0.25, 0.3) is 0 Å². The molecule has 0 aliphatic carbocycles. The molecule has 0 aliphatic rings. The van der Waals surface area contributed by atoms with E-state index in [9.17, 15) is 4.79 Å². The normalized spacial score (nSPS) is 9.53.